The molecule has 2 heteroatoms. The number of rotatable bonds is 5. The van der Waals surface area contributed by atoms with Crippen LogP contribution in [0.1, 0.15) is 53.4 Å². The Balaban J connectivity index is 3.70. The van der Waals surface area contributed by atoms with E-state index >= 15 is 0 Å². The van der Waals surface area contributed by atoms with Gasteiger partial charge >= 0.3 is 0 Å². The molecule has 0 aliphatic carbocycles. The summed E-state index contributed by atoms with van der Waals surface area (Å²) in [5, 5.41) is 17.6. The van der Waals surface area contributed by atoms with Crippen molar-refractivity contribution in [2.24, 2.45) is 10.8 Å². The second-order valence-corrected chi connectivity index (χ2v) is 5.20. The van der Waals surface area contributed by atoms with Crippen molar-refractivity contribution in [3.63, 3.8) is 0 Å². The molecule has 0 rings (SSSR count). The number of hydrogen-bond donors (Lipinski definition) is 0. The van der Waals surface area contributed by atoms with Crippen LogP contribution < -0.4 is 0 Å². The SMILES string of the molecule is CC(C)(C#N)CCCCC(C)(C)C#N. The molecule has 2 nitrogen and oxygen atoms in total. The van der Waals surface area contributed by atoms with E-state index in [1.807, 2.05) is 27.7 Å². The van der Waals surface area contributed by atoms with Crippen LogP contribution in [-0.2, 0) is 0 Å². The Labute approximate surface area is 87.5 Å². The molecule has 0 saturated heterocycles. The molecule has 0 aliphatic heterocycles. The lowest BCUT2D eigenvalue weighted by Gasteiger charge is -2.17. The second-order valence-electron chi connectivity index (χ2n) is 5.20. The Kier molecular flexibility index (Phi) is 4.64. The lowest BCUT2D eigenvalue weighted by molar-refractivity contribution is 0.379. The average Bonchev–Trinajstić information content (AvgIpc) is 2.13. The molecule has 0 fully saturated rings. The lowest BCUT2D eigenvalue weighted by atomic mass is 9.85. The molecule has 0 unspecified atom stereocenters. The molecule has 0 N–H and O–H groups in total. The molecule has 0 aromatic heterocycles. The fraction of sp³-hybridized carbons (Fsp3) is 0.833. The van der Waals surface area contributed by atoms with Gasteiger partial charge in [0, 0.05) is 0 Å². The molecule has 78 valence electrons. The summed E-state index contributed by atoms with van der Waals surface area (Å²) in [6.45, 7) is 7.84. The fourth-order valence-electron chi connectivity index (χ4n) is 1.25. The third kappa shape index (κ3) is 5.60. The predicted octanol–water partition coefficient (Wildman–Crippen LogP) is 3.65. The van der Waals surface area contributed by atoms with Crippen LogP contribution in [0.3, 0.4) is 0 Å². The highest BCUT2D eigenvalue weighted by molar-refractivity contribution is 4.93. The number of unbranched alkanes of at least 4 members (excludes halogenated alkanes) is 1. The van der Waals surface area contributed by atoms with Gasteiger partial charge in [0.15, 0.2) is 0 Å². The smallest absolute Gasteiger partial charge is 0.0683 e. The summed E-state index contributed by atoms with van der Waals surface area (Å²) in [4.78, 5) is 0. The van der Waals surface area contributed by atoms with Crippen molar-refractivity contribution < 1.29 is 0 Å². The van der Waals surface area contributed by atoms with Gasteiger partial charge < -0.3 is 0 Å². The second kappa shape index (κ2) is 5.01. The van der Waals surface area contributed by atoms with Crippen molar-refractivity contribution in [3.8, 4) is 12.1 Å². The summed E-state index contributed by atoms with van der Waals surface area (Å²) in [6.07, 6.45) is 3.91. The molecule has 0 aromatic rings. The minimum atomic E-state index is -0.212. The summed E-state index contributed by atoms with van der Waals surface area (Å²) in [6, 6.07) is 4.58. The molecular weight excluding hydrogens is 172 g/mol. The molecule has 0 amide bonds. The highest BCUT2D eigenvalue weighted by Gasteiger charge is 2.18. The van der Waals surface area contributed by atoms with Crippen LogP contribution in [0.2, 0.25) is 0 Å². The summed E-state index contributed by atoms with van der Waals surface area (Å²) in [5.74, 6) is 0. The van der Waals surface area contributed by atoms with E-state index < -0.39 is 0 Å². The van der Waals surface area contributed by atoms with Gasteiger partial charge in [-0.1, -0.05) is 12.8 Å². The van der Waals surface area contributed by atoms with Gasteiger partial charge in [-0.05, 0) is 40.5 Å². The average molecular weight is 192 g/mol. The van der Waals surface area contributed by atoms with E-state index in [-0.39, 0.29) is 10.8 Å². The van der Waals surface area contributed by atoms with Crippen molar-refractivity contribution in [2.75, 3.05) is 0 Å². The molecule has 0 atom stereocenters. The molecule has 0 spiro atoms. The van der Waals surface area contributed by atoms with Gasteiger partial charge in [-0.3, -0.25) is 0 Å². The molecule has 14 heavy (non-hydrogen) atoms. The van der Waals surface area contributed by atoms with E-state index in [0.717, 1.165) is 25.7 Å². The number of nitrogens with zero attached hydrogens (tertiary/aromatic N) is 2. The summed E-state index contributed by atoms with van der Waals surface area (Å²) < 4.78 is 0. The molecule has 0 aromatic carbocycles. The van der Waals surface area contributed by atoms with Crippen molar-refractivity contribution in [1.29, 1.82) is 10.5 Å². The van der Waals surface area contributed by atoms with Gasteiger partial charge in [-0.2, -0.15) is 10.5 Å². The quantitative estimate of drug-likeness (QED) is 0.624. The van der Waals surface area contributed by atoms with Gasteiger partial charge in [0.25, 0.3) is 0 Å². The Hall–Kier alpha value is -1.02. The standard InChI is InChI=1S/C12H20N2/c1-11(2,9-13)7-5-6-8-12(3,4)10-14/h5-8H2,1-4H3. The van der Waals surface area contributed by atoms with Gasteiger partial charge in [-0.25, -0.2) is 0 Å². The Morgan fingerprint density at radius 3 is 1.29 bits per heavy atom. The zero-order valence-electron chi connectivity index (χ0n) is 9.72. The third-order valence-electron chi connectivity index (χ3n) is 2.46. The van der Waals surface area contributed by atoms with Crippen LogP contribution in [0.5, 0.6) is 0 Å². The maximum atomic E-state index is 8.80. The number of nitriles is 2. The van der Waals surface area contributed by atoms with Crippen LogP contribution in [0, 0.1) is 33.5 Å². The molecular formula is C12H20N2. The lowest BCUT2D eigenvalue weighted by Crippen LogP contribution is -2.10. The van der Waals surface area contributed by atoms with Crippen molar-refractivity contribution in [1.82, 2.24) is 0 Å². The summed E-state index contributed by atoms with van der Waals surface area (Å²) >= 11 is 0. The normalized spacial score (nSPS) is 11.9. The fourth-order valence-corrected chi connectivity index (χ4v) is 1.25. The van der Waals surface area contributed by atoms with Gasteiger partial charge in [0.2, 0.25) is 0 Å². The van der Waals surface area contributed by atoms with Crippen molar-refractivity contribution in [2.45, 2.75) is 53.4 Å². The minimum absolute atomic E-state index is 0.212. The first-order chi connectivity index (χ1) is 6.33. The maximum Gasteiger partial charge on any atom is 0.0683 e. The number of hydrogen-bond acceptors (Lipinski definition) is 2. The summed E-state index contributed by atoms with van der Waals surface area (Å²) in [7, 11) is 0. The van der Waals surface area contributed by atoms with E-state index in [2.05, 4.69) is 12.1 Å². The van der Waals surface area contributed by atoms with Gasteiger partial charge in [-0.15, -0.1) is 0 Å². The first kappa shape index (κ1) is 13.0. The molecule has 0 bridgehead atoms. The first-order valence-corrected chi connectivity index (χ1v) is 5.15. The minimum Gasteiger partial charge on any atom is -0.198 e. The van der Waals surface area contributed by atoms with E-state index in [4.69, 9.17) is 10.5 Å². The van der Waals surface area contributed by atoms with E-state index in [9.17, 15) is 0 Å². The Morgan fingerprint density at radius 1 is 0.786 bits per heavy atom. The van der Waals surface area contributed by atoms with Crippen molar-refractivity contribution >= 4 is 0 Å². The van der Waals surface area contributed by atoms with Crippen LogP contribution in [0.25, 0.3) is 0 Å². The maximum absolute atomic E-state index is 8.80. The van der Waals surface area contributed by atoms with Crippen molar-refractivity contribution in [3.05, 3.63) is 0 Å². The van der Waals surface area contributed by atoms with Crippen LogP contribution >= 0.6 is 0 Å². The molecule has 0 heterocycles. The Bertz CT molecular complexity index is 222. The Morgan fingerprint density at radius 2 is 1.07 bits per heavy atom. The van der Waals surface area contributed by atoms with Gasteiger partial charge in [0.05, 0.1) is 23.0 Å². The topological polar surface area (TPSA) is 47.6 Å². The van der Waals surface area contributed by atoms with E-state index in [1.54, 1.807) is 0 Å². The summed E-state index contributed by atoms with van der Waals surface area (Å²) in [5.41, 5.74) is -0.423. The van der Waals surface area contributed by atoms with Crippen LogP contribution in [0.4, 0.5) is 0 Å². The first-order valence-electron chi connectivity index (χ1n) is 5.15. The van der Waals surface area contributed by atoms with Crippen LogP contribution in [-0.4, -0.2) is 0 Å². The molecule has 0 radical (unpaired) electrons. The highest BCUT2D eigenvalue weighted by atomic mass is 14.3. The van der Waals surface area contributed by atoms with Crippen LogP contribution in [0.15, 0.2) is 0 Å². The van der Waals surface area contributed by atoms with Gasteiger partial charge in [0.1, 0.15) is 0 Å². The third-order valence-corrected chi connectivity index (χ3v) is 2.46. The zero-order valence-corrected chi connectivity index (χ0v) is 9.72. The van der Waals surface area contributed by atoms with E-state index in [1.165, 1.54) is 0 Å². The molecule has 0 aliphatic rings. The highest BCUT2D eigenvalue weighted by Crippen LogP contribution is 2.26. The largest absolute Gasteiger partial charge is 0.198 e. The zero-order chi connectivity index (χ0) is 11.2. The molecule has 0 saturated carbocycles. The predicted molar refractivity (Wildman–Crippen MR) is 57.3 cm³/mol. The van der Waals surface area contributed by atoms with E-state index in [0.29, 0.717) is 0 Å². The monoisotopic (exact) mass is 192 g/mol.